The molecule has 1 rings (SSSR count). The minimum atomic E-state index is -1.07. The van der Waals surface area contributed by atoms with Gasteiger partial charge in [0.05, 0.1) is 6.61 Å². The van der Waals surface area contributed by atoms with Crippen LogP contribution in [-0.4, -0.2) is 37.4 Å². The van der Waals surface area contributed by atoms with Crippen LogP contribution in [0.1, 0.15) is 12.5 Å². The van der Waals surface area contributed by atoms with Gasteiger partial charge in [0, 0.05) is 25.8 Å². The molecular weight excluding hydrogens is 253 g/mol. The zero-order valence-electron chi connectivity index (χ0n) is 11.0. The molecule has 1 unspecified atom stereocenters. The monoisotopic (exact) mass is 271 g/mol. The predicted molar refractivity (Wildman–Crippen MR) is 67.7 cm³/mol. The summed E-state index contributed by atoms with van der Waals surface area (Å²) < 4.78 is 23.4. The van der Waals surface area contributed by atoms with E-state index in [1.807, 2.05) is 0 Å². The average Bonchev–Trinajstić information content (AvgIpc) is 2.37. The molecule has 19 heavy (non-hydrogen) atoms. The van der Waals surface area contributed by atoms with Crippen LogP contribution < -0.4 is 10.1 Å². The van der Waals surface area contributed by atoms with Gasteiger partial charge in [0.15, 0.2) is 6.10 Å². The van der Waals surface area contributed by atoms with Gasteiger partial charge >= 0.3 is 5.97 Å². The summed E-state index contributed by atoms with van der Waals surface area (Å²) in [5.41, 5.74) is 0.573. The first kappa shape index (κ1) is 15.4. The zero-order chi connectivity index (χ0) is 14.3. The minimum Gasteiger partial charge on any atom is -0.479 e. The Kier molecular flexibility index (Phi) is 6.24. The number of rotatable bonds is 8. The molecule has 0 bridgehead atoms. The zero-order valence-corrected chi connectivity index (χ0v) is 11.0. The third-order valence-corrected chi connectivity index (χ3v) is 2.47. The smallest absolute Gasteiger partial charge is 0.344 e. The number of aliphatic carboxylic acids is 1. The van der Waals surface area contributed by atoms with Crippen molar-refractivity contribution < 1.29 is 23.8 Å². The largest absolute Gasteiger partial charge is 0.479 e. The Hall–Kier alpha value is -1.66. The number of benzene rings is 1. The second-order valence-corrected chi connectivity index (χ2v) is 4.02. The highest BCUT2D eigenvalue weighted by molar-refractivity contribution is 5.72. The SMILES string of the molecule is COCCNCc1cc(F)ccc1OC(C)C(=O)O. The van der Waals surface area contributed by atoms with Crippen molar-refractivity contribution in [2.24, 2.45) is 0 Å². The Balaban J connectivity index is 2.71. The standard InChI is InChI=1S/C13H18FNO4/c1-9(13(16)17)19-12-4-3-11(14)7-10(12)8-15-5-6-18-2/h3-4,7,9,15H,5-6,8H2,1-2H3,(H,16,17). The van der Waals surface area contributed by atoms with E-state index < -0.39 is 12.1 Å². The Morgan fingerprint density at radius 2 is 2.26 bits per heavy atom. The quantitative estimate of drug-likeness (QED) is 0.700. The van der Waals surface area contributed by atoms with Crippen LogP contribution in [0.2, 0.25) is 0 Å². The molecule has 1 aromatic rings. The summed E-state index contributed by atoms with van der Waals surface area (Å²) in [6.07, 6.45) is -0.983. The van der Waals surface area contributed by atoms with Crippen molar-refractivity contribution in [2.75, 3.05) is 20.3 Å². The summed E-state index contributed by atoms with van der Waals surface area (Å²) in [4.78, 5) is 10.7. The van der Waals surface area contributed by atoms with Gasteiger partial charge in [0.25, 0.3) is 0 Å². The van der Waals surface area contributed by atoms with Crippen LogP contribution in [0.15, 0.2) is 18.2 Å². The third-order valence-electron chi connectivity index (χ3n) is 2.47. The molecule has 5 nitrogen and oxygen atoms in total. The third kappa shape index (κ3) is 5.23. The Bertz CT molecular complexity index is 425. The lowest BCUT2D eigenvalue weighted by Crippen LogP contribution is -2.24. The molecule has 0 aliphatic heterocycles. The maximum atomic E-state index is 13.2. The maximum Gasteiger partial charge on any atom is 0.344 e. The van der Waals surface area contributed by atoms with Crippen molar-refractivity contribution in [2.45, 2.75) is 19.6 Å². The molecule has 0 aliphatic rings. The van der Waals surface area contributed by atoms with Crippen molar-refractivity contribution in [1.82, 2.24) is 5.32 Å². The lowest BCUT2D eigenvalue weighted by Gasteiger charge is -2.15. The number of carboxylic acid groups (broad SMARTS) is 1. The van der Waals surface area contributed by atoms with Gasteiger partial charge in [-0.05, 0) is 25.1 Å². The van der Waals surface area contributed by atoms with Crippen LogP contribution in [0.25, 0.3) is 0 Å². The van der Waals surface area contributed by atoms with Gasteiger partial charge in [0.1, 0.15) is 11.6 Å². The number of carbonyl (C=O) groups is 1. The van der Waals surface area contributed by atoms with Gasteiger partial charge in [-0.25, -0.2) is 9.18 Å². The summed E-state index contributed by atoms with van der Waals surface area (Å²) in [5, 5.41) is 11.9. The van der Waals surface area contributed by atoms with Crippen LogP contribution >= 0.6 is 0 Å². The molecule has 2 N–H and O–H groups in total. The number of hydrogen-bond donors (Lipinski definition) is 2. The van der Waals surface area contributed by atoms with E-state index in [4.69, 9.17) is 14.6 Å². The van der Waals surface area contributed by atoms with Crippen LogP contribution in [0.3, 0.4) is 0 Å². The fraction of sp³-hybridized carbons (Fsp3) is 0.462. The fourth-order valence-corrected chi connectivity index (χ4v) is 1.44. The number of hydrogen-bond acceptors (Lipinski definition) is 4. The first-order valence-corrected chi connectivity index (χ1v) is 5.92. The highest BCUT2D eigenvalue weighted by Crippen LogP contribution is 2.21. The molecule has 1 atom stereocenters. The van der Waals surface area contributed by atoms with E-state index in [2.05, 4.69) is 5.32 Å². The summed E-state index contributed by atoms with van der Waals surface area (Å²) in [5.74, 6) is -1.09. The lowest BCUT2D eigenvalue weighted by atomic mass is 10.2. The molecule has 0 saturated carbocycles. The van der Waals surface area contributed by atoms with E-state index in [1.54, 1.807) is 7.11 Å². The average molecular weight is 271 g/mol. The van der Waals surface area contributed by atoms with Crippen molar-refractivity contribution in [1.29, 1.82) is 0 Å². The molecule has 0 aromatic heterocycles. The fourth-order valence-electron chi connectivity index (χ4n) is 1.44. The Labute approximate surface area is 111 Å². The molecule has 0 fully saturated rings. The van der Waals surface area contributed by atoms with Crippen molar-refractivity contribution in [3.63, 3.8) is 0 Å². The number of halogens is 1. The Morgan fingerprint density at radius 3 is 2.89 bits per heavy atom. The molecule has 0 saturated heterocycles. The molecule has 0 amide bonds. The van der Waals surface area contributed by atoms with E-state index in [0.717, 1.165) is 0 Å². The summed E-state index contributed by atoms with van der Waals surface area (Å²) in [7, 11) is 1.59. The van der Waals surface area contributed by atoms with Gasteiger partial charge in [-0.15, -0.1) is 0 Å². The second kappa shape index (κ2) is 7.70. The number of carboxylic acids is 1. The molecule has 0 radical (unpaired) electrons. The van der Waals surface area contributed by atoms with Crippen molar-refractivity contribution >= 4 is 5.97 Å². The maximum absolute atomic E-state index is 13.2. The summed E-state index contributed by atoms with van der Waals surface area (Å²) >= 11 is 0. The topological polar surface area (TPSA) is 67.8 Å². The second-order valence-electron chi connectivity index (χ2n) is 4.02. The molecular formula is C13H18FNO4. The highest BCUT2D eigenvalue weighted by Gasteiger charge is 2.15. The molecule has 1 aromatic carbocycles. The van der Waals surface area contributed by atoms with E-state index in [9.17, 15) is 9.18 Å². The van der Waals surface area contributed by atoms with Gasteiger partial charge in [-0.2, -0.15) is 0 Å². The van der Waals surface area contributed by atoms with Gasteiger partial charge in [-0.1, -0.05) is 0 Å². The molecule has 0 spiro atoms. The van der Waals surface area contributed by atoms with E-state index in [0.29, 0.717) is 31.0 Å². The van der Waals surface area contributed by atoms with E-state index in [1.165, 1.54) is 25.1 Å². The van der Waals surface area contributed by atoms with Crippen molar-refractivity contribution in [3.8, 4) is 5.75 Å². The lowest BCUT2D eigenvalue weighted by molar-refractivity contribution is -0.144. The number of nitrogens with one attached hydrogen (secondary N) is 1. The number of ether oxygens (including phenoxy) is 2. The van der Waals surface area contributed by atoms with Crippen LogP contribution in [-0.2, 0) is 16.1 Å². The van der Waals surface area contributed by atoms with Gasteiger partial charge in [-0.3, -0.25) is 0 Å². The molecule has 0 heterocycles. The van der Waals surface area contributed by atoms with Crippen LogP contribution in [0.4, 0.5) is 4.39 Å². The molecule has 106 valence electrons. The first-order valence-electron chi connectivity index (χ1n) is 5.92. The van der Waals surface area contributed by atoms with Crippen molar-refractivity contribution in [3.05, 3.63) is 29.6 Å². The van der Waals surface area contributed by atoms with Gasteiger partial charge in [0.2, 0.25) is 0 Å². The summed E-state index contributed by atoms with van der Waals surface area (Å²) in [6, 6.07) is 3.99. The number of methoxy groups -OCH3 is 1. The van der Waals surface area contributed by atoms with Crippen LogP contribution in [0, 0.1) is 5.82 Å². The molecule has 0 aliphatic carbocycles. The minimum absolute atomic E-state index is 0.362. The Morgan fingerprint density at radius 1 is 1.53 bits per heavy atom. The summed E-state index contributed by atoms with van der Waals surface area (Å²) in [6.45, 7) is 2.95. The van der Waals surface area contributed by atoms with Gasteiger partial charge < -0.3 is 19.9 Å². The van der Waals surface area contributed by atoms with E-state index in [-0.39, 0.29) is 5.82 Å². The molecule has 6 heteroatoms. The normalized spacial score (nSPS) is 12.2. The first-order chi connectivity index (χ1) is 9.04. The van der Waals surface area contributed by atoms with E-state index >= 15 is 0 Å². The van der Waals surface area contributed by atoms with Crippen LogP contribution in [0.5, 0.6) is 5.75 Å². The predicted octanol–water partition coefficient (Wildman–Crippen LogP) is 1.41. The highest BCUT2D eigenvalue weighted by atomic mass is 19.1.